The van der Waals surface area contributed by atoms with Crippen LogP contribution in [0.4, 0.5) is 20.6 Å². The average molecular weight is 371 g/mol. The molecule has 2 aromatic rings. The Morgan fingerprint density at radius 1 is 1.27 bits per heavy atom. The summed E-state index contributed by atoms with van der Waals surface area (Å²) < 4.78 is 13.4. The maximum atomic E-state index is 13.4. The highest BCUT2D eigenvalue weighted by Gasteiger charge is 2.59. The first-order valence-corrected chi connectivity index (χ1v) is 9.46. The van der Waals surface area contributed by atoms with E-state index in [0.29, 0.717) is 24.5 Å². The third kappa shape index (κ3) is 2.38. The number of anilines is 2. The van der Waals surface area contributed by atoms with Crippen LogP contribution in [-0.2, 0) is 9.67 Å². The molecule has 26 heavy (non-hydrogen) atoms. The molecular formula is C19H18FN3O2S. The van der Waals surface area contributed by atoms with Gasteiger partial charge >= 0.3 is 6.03 Å². The predicted molar refractivity (Wildman–Crippen MR) is 101 cm³/mol. The summed E-state index contributed by atoms with van der Waals surface area (Å²) >= 11 is 1.47. The summed E-state index contributed by atoms with van der Waals surface area (Å²) in [5, 5.41) is 2.72. The highest BCUT2D eigenvalue weighted by molar-refractivity contribution is 8.01. The molecule has 3 amide bonds. The van der Waals surface area contributed by atoms with Gasteiger partial charge in [-0.15, -0.1) is 11.8 Å². The second kappa shape index (κ2) is 6.32. The molecule has 0 bridgehead atoms. The highest BCUT2D eigenvalue weighted by atomic mass is 32.2. The summed E-state index contributed by atoms with van der Waals surface area (Å²) in [5.41, 5.74) is 2.05. The van der Waals surface area contributed by atoms with Crippen LogP contribution in [-0.4, -0.2) is 35.7 Å². The van der Waals surface area contributed by atoms with E-state index < -0.39 is 16.7 Å². The van der Waals surface area contributed by atoms with Crippen LogP contribution in [0.1, 0.15) is 12.5 Å². The smallest absolute Gasteiger partial charge is 0.309 e. The number of para-hydroxylation sites is 1. The molecule has 7 heteroatoms. The van der Waals surface area contributed by atoms with Crippen molar-refractivity contribution >= 4 is 35.1 Å². The van der Waals surface area contributed by atoms with E-state index in [2.05, 4.69) is 5.32 Å². The van der Waals surface area contributed by atoms with Crippen molar-refractivity contribution in [2.24, 2.45) is 0 Å². The Morgan fingerprint density at radius 2 is 2.08 bits per heavy atom. The Morgan fingerprint density at radius 3 is 2.85 bits per heavy atom. The molecule has 1 spiro atoms. The molecule has 5 nitrogen and oxygen atoms in total. The van der Waals surface area contributed by atoms with Gasteiger partial charge in [-0.2, -0.15) is 0 Å². The Bertz CT molecular complexity index is 891. The number of amides is 3. The van der Waals surface area contributed by atoms with Gasteiger partial charge in [0.05, 0.1) is 5.69 Å². The second-order valence-corrected chi connectivity index (χ2v) is 7.44. The summed E-state index contributed by atoms with van der Waals surface area (Å²) in [5.74, 6) is 0.139. The summed E-state index contributed by atoms with van der Waals surface area (Å²) in [6.45, 7) is 2.91. The van der Waals surface area contributed by atoms with Crippen LogP contribution in [0.3, 0.4) is 0 Å². The molecule has 1 atom stereocenters. The van der Waals surface area contributed by atoms with Gasteiger partial charge in [0.15, 0.2) is 4.87 Å². The Kier molecular flexibility index (Phi) is 4.11. The fourth-order valence-electron chi connectivity index (χ4n) is 3.64. The number of carbonyl (C=O) groups excluding carboxylic acids is 2. The Labute approximate surface area is 155 Å². The van der Waals surface area contributed by atoms with Gasteiger partial charge in [0.25, 0.3) is 5.91 Å². The topological polar surface area (TPSA) is 52.7 Å². The summed E-state index contributed by atoms with van der Waals surface area (Å²) in [7, 11) is 0. The number of nitrogens with one attached hydrogen (secondary N) is 1. The molecule has 1 N–H and O–H groups in total. The Hall–Kier alpha value is -2.54. The van der Waals surface area contributed by atoms with E-state index in [0.717, 1.165) is 11.3 Å². The summed E-state index contributed by atoms with van der Waals surface area (Å²) in [4.78, 5) is 28.4. The van der Waals surface area contributed by atoms with E-state index in [1.54, 1.807) is 15.9 Å². The van der Waals surface area contributed by atoms with E-state index in [1.165, 1.54) is 30.0 Å². The number of hydrogen-bond donors (Lipinski definition) is 1. The summed E-state index contributed by atoms with van der Waals surface area (Å²) in [6.07, 6.45) is 0. The van der Waals surface area contributed by atoms with Gasteiger partial charge in [0, 0.05) is 30.1 Å². The van der Waals surface area contributed by atoms with E-state index >= 15 is 0 Å². The lowest BCUT2D eigenvalue weighted by atomic mass is 10.1. The molecular weight excluding hydrogens is 353 g/mol. The number of hydrogen-bond acceptors (Lipinski definition) is 3. The largest absolute Gasteiger partial charge is 0.323 e. The third-order valence-corrected chi connectivity index (χ3v) is 6.16. The number of halogens is 1. The molecule has 1 saturated heterocycles. The van der Waals surface area contributed by atoms with Crippen LogP contribution in [0.25, 0.3) is 0 Å². The lowest BCUT2D eigenvalue weighted by molar-refractivity contribution is -0.123. The van der Waals surface area contributed by atoms with Crippen molar-refractivity contribution in [3.8, 4) is 0 Å². The molecule has 2 aliphatic heterocycles. The minimum atomic E-state index is -1.05. The van der Waals surface area contributed by atoms with Crippen molar-refractivity contribution in [2.45, 2.75) is 11.8 Å². The van der Waals surface area contributed by atoms with Crippen LogP contribution < -0.4 is 10.2 Å². The molecule has 1 fully saturated rings. The first-order chi connectivity index (χ1) is 12.6. The molecule has 2 aliphatic rings. The number of urea groups is 1. The van der Waals surface area contributed by atoms with E-state index in [4.69, 9.17) is 0 Å². The molecule has 0 aromatic heterocycles. The van der Waals surface area contributed by atoms with Gasteiger partial charge in [-0.1, -0.05) is 24.3 Å². The van der Waals surface area contributed by atoms with Gasteiger partial charge in [-0.05, 0) is 31.2 Å². The first kappa shape index (κ1) is 16.9. The van der Waals surface area contributed by atoms with Gasteiger partial charge in [0.2, 0.25) is 0 Å². The molecule has 0 aliphatic carbocycles. The molecule has 2 heterocycles. The standard InChI is InChI=1S/C19H18FN3O2S/c1-2-22-16-9-4-3-8-15(16)19(17(22)24)23(10-11-26-19)18(25)21-14-7-5-6-13(20)12-14/h3-9,12H,2,10-11H2,1H3,(H,21,25). The molecule has 1 unspecified atom stereocenters. The fraction of sp³-hybridized carbons (Fsp3) is 0.263. The molecule has 0 radical (unpaired) electrons. The number of fused-ring (bicyclic) bond motifs is 2. The zero-order chi connectivity index (χ0) is 18.3. The van der Waals surface area contributed by atoms with Crippen LogP contribution in [0.2, 0.25) is 0 Å². The lowest BCUT2D eigenvalue weighted by Crippen LogP contribution is -2.51. The van der Waals surface area contributed by atoms with Crippen molar-refractivity contribution in [1.29, 1.82) is 0 Å². The van der Waals surface area contributed by atoms with Crippen LogP contribution in [0.15, 0.2) is 48.5 Å². The molecule has 2 aromatic carbocycles. The van der Waals surface area contributed by atoms with E-state index in [-0.39, 0.29) is 5.91 Å². The zero-order valence-corrected chi connectivity index (χ0v) is 15.1. The molecule has 134 valence electrons. The number of benzene rings is 2. The van der Waals surface area contributed by atoms with Crippen molar-refractivity contribution in [1.82, 2.24) is 4.90 Å². The van der Waals surface area contributed by atoms with Crippen LogP contribution in [0.5, 0.6) is 0 Å². The Balaban J connectivity index is 1.72. The predicted octanol–water partition coefficient (Wildman–Crippen LogP) is 3.63. The minimum Gasteiger partial charge on any atom is -0.309 e. The van der Waals surface area contributed by atoms with Crippen molar-refractivity contribution in [3.05, 3.63) is 59.9 Å². The quantitative estimate of drug-likeness (QED) is 0.877. The normalized spacial score (nSPS) is 21.4. The minimum absolute atomic E-state index is 0.0990. The SMILES string of the molecule is CCN1C(=O)C2(SCCN2C(=O)Nc2cccc(F)c2)c2ccccc21. The summed E-state index contributed by atoms with van der Waals surface area (Å²) in [6, 6.07) is 12.9. The third-order valence-electron chi connectivity index (χ3n) is 4.74. The molecule has 0 saturated carbocycles. The maximum absolute atomic E-state index is 13.4. The van der Waals surface area contributed by atoms with Crippen molar-refractivity contribution in [3.63, 3.8) is 0 Å². The number of likely N-dealkylation sites (N-methyl/N-ethyl adjacent to an activating group) is 1. The lowest BCUT2D eigenvalue weighted by Gasteiger charge is -2.33. The fourth-order valence-corrected chi connectivity index (χ4v) is 5.10. The van der Waals surface area contributed by atoms with Gasteiger partial charge in [-0.3, -0.25) is 9.69 Å². The van der Waals surface area contributed by atoms with E-state index in [9.17, 15) is 14.0 Å². The first-order valence-electron chi connectivity index (χ1n) is 8.47. The number of carbonyl (C=O) groups is 2. The number of thioether (sulfide) groups is 1. The van der Waals surface area contributed by atoms with Crippen LogP contribution >= 0.6 is 11.8 Å². The molecule has 4 rings (SSSR count). The second-order valence-electron chi connectivity index (χ2n) is 6.15. The van der Waals surface area contributed by atoms with Gasteiger partial charge in [0.1, 0.15) is 5.82 Å². The van der Waals surface area contributed by atoms with Crippen molar-refractivity contribution < 1.29 is 14.0 Å². The number of rotatable bonds is 2. The maximum Gasteiger partial charge on any atom is 0.323 e. The highest BCUT2D eigenvalue weighted by Crippen LogP contribution is 2.53. The average Bonchev–Trinajstić information content (AvgIpc) is 3.17. The monoisotopic (exact) mass is 371 g/mol. The van der Waals surface area contributed by atoms with Crippen molar-refractivity contribution in [2.75, 3.05) is 29.1 Å². The van der Waals surface area contributed by atoms with Crippen LogP contribution in [0, 0.1) is 5.82 Å². The van der Waals surface area contributed by atoms with E-state index in [1.807, 2.05) is 31.2 Å². The zero-order valence-electron chi connectivity index (χ0n) is 14.2. The van der Waals surface area contributed by atoms with Gasteiger partial charge in [-0.25, -0.2) is 9.18 Å². The number of nitrogens with zero attached hydrogens (tertiary/aromatic N) is 2. The van der Waals surface area contributed by atoms with Gasteiger partial charge < -0.3 is 10.2 Å².